The molecule has 2 aliphatic heterocycles. The first kappa shape index (κ1) is 16.9. The first-order valence-electron chi connectivity index (χ1n) is 7.14. The first-order chi connectivity index (χ1) is 9.89. The zero-order chi connectivity index (χ0) is 15.7. The Kier molecular flexibility index (Phi) is 5.13. The standard InChI is InChI=1S/C13H24NO6P/c1-5-19-21(16,20-6-2)11-9(3)14-13(15)7-10(11)12(17-4)18-8-13/h10,12,14-15H,5-8H2,1-4H3/t10-,12+,13+/m1/s1. The lowest BCUT2D eigenvalue weighted by Gasteiger charge is -2.47. The lowest BCUT2D eigenvalue weighted by molar-refractivity contribution is -0.234. The SMILES string of the molecule is CCOP(=O)(OCC)C1=C(C)N[C@@]2(O)CO[C@H](OC)[C@@H]1C2. The van der Waals surface area contributed by atoms with Gasteiger partial charge in [0.2, 0.25) is 0 Å². The summed E-state index contributed by atoms with van der Waals surface area (Å²) in [6, 6.07) is 0. The number of hydrogen-bond donors (Lipinski definition) is 2. The predicted octanol–water partition coefficient (Wildman–Crippen LogP) is 1.78. The zero-order valence-electron chi connectivity index (χ0n) is 12.9. The average molecular weight is 321 g/mol. The van der Waals surface area contributed by atoms with Gasteiger partial charge < -0.3 is 28.9 Å². The third kappa shape index (κ3) is 3.18. The Morgan fingerprint density at radius 1 is 1.43 bits per heavy atom. The molecule has 0 spiro atoms. The van der Waals surface area contributed by atoms with Gasteiger partial charge in [0.1, 0.15) is 0 Å². The minimum Gasteiger partial charge on any atom is -0.369 e. The van der Waals surface area contributed by atoms with E-state index in [-0.39, 0.29) is 25.7 Å². The topological polar surface area (TPSA) is 86.3 Å². The molecule has 0 radical (unpaired) electrons. The van der Waals surface area contributed by atoms with E-state index >= 15 is 0 Å². The van der Waals surface area contributed by atoms with Crippen LogP contribution < -0.4 is 5.32 Å². The van der Waals surface area contributed by atoms with Gasteiger partial charge in [0.25, 0.3) is 0 Å². The molecule has 1 fully saturated rings. The zero-order valence-corrected chi connectivity index (χ0v) is 13.8. The molecule has 0 aliphatic carbocycles. The Hall–Kier alpha value is -0.430. The van der Waals surface area contributed by atoms with E-state index in [2.05, 4.69) is 5.32 Å². The van der Waals surface area contributed by atoms with Crippen molar-refractivity contribution < 1.29 is 28.2 Å². The molecule has 0 aromatic heterocycles. The molecule has 2 N–H and O–H groups in total. The third-order valence-corrected chi connectivity index (χ3v) is 6.11. The van der Waals surface area contributed by atoms with Gasteiger partial charge in [-0.1, -0.05) is 0 Å². The summed E-state index contributed by atoms with van der Waals surface area (Å²) in [5.41, 5.74) is -0.569. The molecule has 8 heteroatoms. The molecule has 122 valence electrons. The molecule has 2 heterocycles. The number of hydrogen-bond acceptors (Lipinski definition) is 7. The number of rotatable bonds is 6. The third-order valence-electron chi connectivity index (χ3n) is 3.65. The lowest BCUT2D eigenvalue weighted by Crippen LogP contribution is -2.59. The summed E-state index contributed by atoms with van der Waals surface area (Å²) >= 11 is 0. The fourth-order valence-corrected chi connectivity index (χ4v) is 5.13. The monoisotopic (exact) mass is 321 g/mol. The largest absolute Gasteiger partial charge is 0.369 e. The van der Waals surface area contributed by atoms with Crippen molar-refractivity contribution in [1.82, 2.24) is 5.32 Å². The maximum atomic E-state index is 13.1. The molecule has 0 aromatic carbocycles. The van der Waals surface area contributed by atoms with Crippen LogP contribution in [-0.2, 0) is 23.1 Å². The highest BCUT2D eigenvalue weighted by molar-refractivity contribution is 7.58. The summed E-state index contributed by atoms with van der Waals surface area (Å²) in [6.07, 6.45) is -0.242. The Morgan fingerprint density at radius 3 is 2.57 bits per heavy atom. The van der Waals surface area contributed by atoms with Crippen LogP contribution >= 0.6 is 7.60 Å². The van der Waals surface area contributed by atoms with Gasteiger partial charge in [0.05, 0.1) is 25.1 Å². The molecule has 2 aliphatic rings. The summed E-state index contributed by atoms with van der Waals surface area (Å²) in [7, 11) is -1.93. The second-order valence-electron chi connectivity index (χ2n) is 5.23. The van der Waals surface area contributed by atoms with Crippen molar-refractivity contribution in [2.24, 2.45) is 5.92 Å². The second-order valence-corrected chi connectivity index (χ2v) is 7.22. The van der Waals surface area contributed by atoms with Gasteiger partial charge in [-0.15, -0.1) is 0 Å². The number of fused-ring (bicyclic) bond motifs is 2. The van der Waals surface area contributed by atoms with Crippen molar-refractivity contribution in [3.05, 3.63) is 11.0 Å². The quantitative estimate of drug-likeness (QED) is 0.721. The van der Waals surface area contributed by atoms with E-state index in [1.165, 1.54) is 7.11 Å². The van der Waals surface area contributed by atoms with Crippen LogP contribution in [-0.4, -0.2) is 44.1 Å². The molecular weight excluding hydrogens is 297 g/mol. The number of allylic oxidation sites excluding steroid dienone is 1. The number of nitrogens with one attached hydrogen (secondary N) is 1. The molecule has 0 aromatic rings. The summed E-state index contributed by atoms with van der Waals surface area (Å²) in [6.45, 7) is 5.93. The van der Waals surface area contributed by atoms with Gasteiger partial charge in [-0.3, -0.25) is 4.57 Å². The second kappa shape index (κ2) is 6.36. The van der Waals surface area contributed by atoms with E-state index in [4.69, 9.17) is 18.5 Å². The van der Waals surface area contributed by atoms with Gasteiger partial charge in [0.15, 0.2) is 12.0 Å². The van der Waals surface area contributed by atoms with Crippen LogP contribution in [0.1, 0.15) is 27.2 Å². The van der Waals surface area contributed by atoms with E-state index in [1.807, 2.05) is 0 Å². The number of ether oxygens (including phenoxy) is 2. The number of aliphatic hydroxyl groups is 1. The summed E-state index contributed by atoms with van der Waals surface area (Å²) in [5.74, 6) is -0.376. The average Bonchev–Trinajstić information content (AvgIpc) is 2.38. The van der Waals surface area contributed by atoms with Crippen molar-refractivity contribution in [3.8, 4) is 0 Å². The summed E-state index contributed by atoms with van der Waals surface area (Å²) < 4.78 is 34.8. The minimum atomic E-state index is -3.45. The van der Waals surface area contributed by atoms with Gasteiger partial charge in [-0.25, -0.2) is 0 Å². The lowest BCUT2D eigenvalue weighted by atomic mass is 9.89. The highest BCUT2D eigenvalue weighted by Gasteiger charge is 2.52. The summed E-state index contributed by atoms with van der Waals surface area (Å²) in [5, 5.41) is 13.9. The fraction of sp³-hybridized carbons (Fsp3) is 0.846. The minimum absolute atomic E-state index is 0.111. The molecule has 21 heavy (non-hydrogen) atoms. The first-order valence-corrected chi connectivity index (χ1v) is 8.68. The Bertz CT molecular complexity index is 458. The molecule has 2 bridgehead atoms. The van der Waals surface area contributed by atoms with Crippen LogP contribution in [0.3, 0.4) is 0 Å². The van der Waals surface area contributed by atoms with Crippen LogP contribution in [0.25, 0.3) is 0 Å². The molecule has 0 amide bonds. The van der Waals surface area contributed by atoms with Gasteiger partial charge in [-0.2, -0.15) is 0 Å². The Morgan fingerprint density at radius 2 is 2.05 bits per heavy atom. The van der Waals surface area contributed by atoms with Crippen LogP contribution in [0, 0.1) is 5.92 Å². The van der Waals surface area contributed by atoms with Crippen molar-refractivity contribution in [2.45, 2.75) is 39.2 Å². The van der Waals surface area contributed by atoms with Crippen molar-refractivity contribution in [1.29, 1.82) is 0 Å². The van der Waals surface area contributed by atoms with Gasteiger partial charge in [-0.05, 0) is 20.8 Å². The highest BCUT2D eigenvalue weighted by atomic mass is 31.2. The molecule has 0 saturated carbocycles. The molecule has 7 nitrogen and oxygen atoms in total. The molecular formula is C13H24NO6P. The van der Waals surface area contributed by atoms with Crippen molar-refractivity contribution in [3.63, 3.8) is 0 Å². The van der Waals surface area contributed by atoms with Crippen molar-refractivity contribution >= 4 is 7.60 Å². The van der Waals surface area contributed by atoms with E-state index in [9.17, 15) is 9.67 Å². The van der Waals surface area contributed by atoms with Crippen molar-refractivity contribution in [2.75, 3.05) is 26.9 Å². The van der Waals surface area contributed by atoms with Gasteiger partial charge >= 0.3 is 7.60 Å². The predicted molar refractivity (Wildman–Crippen MR) is 76.5 cm³/mol. The normalized spacial score (nSPS) is 33.0. The van der Waals surface area contributed by atoms with E-state index in [0.29, 0.717) is 17.4 Å². The van der Waals surface area contributed by atoms with Crippen LogP contribution in [0.5, 0.6) is 0 Å². The molecule has 3 atom stereocenters. The van der Waals surface area contributed by atoms with Crippen LogP contribution in [0.4, 0.5) is 0 Å². The Labute approximate surface area is 125 Å². The van der Waals surface area contributed by atoms with Crippen LogP contribution in [0.15, 0.2) is 11.0 Å². The molecule has 1 saturated heterocycles. The van der Waals surface area contributed by atoms with E-state index < -0.39 is 19.6 Å². The molecule has 2 rings (SSSR count). The maximum Gasteiger partial charge on any atom is 0.359 e. The van der Waals surface area contributed by atoms with Crippen LogP contribution in [0.2, 0.25) is 0 Å². The summed E-state index contributed by atoms with van der Waals surface area (Å²) in [4.78, 5) is 0. The Balaban J connectivity index is 2.45. The highest BCUT2D eigenvalue weighted by Crippen LogP contribution is 2.62. The van der Waals surface area contributed by atoms with Gasteiger partial charge in [0, 0.05) is 25.1 Å². The molecule has 0 unspecified atom stereocenters. The maximum absolute atomic E-state index is 13.1. The fourth-order valence-electron chi connectivity index (χ4n) is 3.02. The smallest absolute Gasteiger partial charge is 0.359 e. The van der Waals surface area contributed by atoms with E-state index in [1.54, 1.807) is 20.8 Å². The number of methoxy groups -OCH3 is 1. The van der Waals surface area contributed by atoms with E-state index in [0.717, 1.165) is 0 Å².